The Balaban J connectivity index is 2.29. The van der Waals surface area contributed by atoms with Crippen LogP contribution in [0.4, 0.5) is 0 Å². The van der Waals surface area contributed by atoms with E-state index in [9.17, 15) is 9.59 Å². The molecule has 0 aliphatic carbocycles. The Kier molecular flexibility index (Phi) is 3.93. The van der Waals surface area contributed by atoms with Gasteiger partial charge in [0.1, 0.15) is 5.52 Å². The monoisotopic (exact) mass is 273 g/mol. The molecule has 1 N–H and O–H groups in total. The predicted octanol–water partition coefficient (Wildman–Crippen LogP) is 1.42. The zero-order valence-electron chi connectivity index (χ0n) is 11.3. The summed E-state index contributed by atoms with van der Waals surface area (Å²) in [5.41, 5.74) is 1.59. The minimum absolute atomic E-state index is 0.144. The third-order valence-electron chi connectivity index (χ3n) is 3.05. The summed E-state index contributed by atoms with van der Waals surface area (Å²) in [6.07, 6.45) is 3.09. The van der Waals surface area contributed by atoms with Crippen LogP contribution in [0.2, 0.25) is 0 Å². The Hall–Kier alpha value is -2.50. The number of hydrogen-bond donors (Lipinski definition) is 1. The maximum atomic E-state index is 12.4. The largest absolute Gasteiger partial charge is 0.481 e. The number of aromatic nitrogens is 2. The average Bonchev–Trinajstić information content (AvgIpc) is 2.45. The molecule has 6 heteroatoms. The van der Waals surface area contributed by atoms with Crippen molar-refractivity contribution in [2.24, 2.45) is 5.92 Å². The predicted molar refractivity (Wildman–Crippen MR) is 73.3 cm³/mol. The average molecular weight is 273 g/mol. The van der Waals surface area contributed by atoms with E-state index in [1.54, 1.807) is 38.4 Å². The van der Waals surface area contributed by atoms with Crippen LogP contribution in [0.5, 0.6) is 0 Å². The van der Waals surface area contributed by atoms with Gasteiger partial charge in [-0.05, 0) is 12.1 Å². The first kappa shape index (κ1) is 13.9. The topological polar surface area (TPSA) is 83.4 Å². The number of benzene rings is 1. The van der Waals surface area contributed by atoms with Crippen molar-refractivity contribution in [2.45, 2.75) is 6.92 Å². The van der Waals surface area contributed by atoms with Crippen LogP contribution < -0.4 is 0 Å². The van der Waals surface area contributed by atoms with Crippen LogP contribution in [0.1, 0.15) is 17.3 Å². The van der Waals surface area contributed by atoms with Crippen molar-refractivity contribution < 1.29 is 14.7 Å². The Morgan fingerprint density at radius 1 is 1.30 bits per heavy atom. The van der Waals surface area contributed by atoms with Gasteiger partial charge in [-0.1, -0.05) is 13.0 Å². The van der Waals surface area contributed by atoms with Crippen molar-refractivity contribution in [2.75, 3.05) is 13.6 Å². The summed E-state index contributed by atoms with van der Waals surface area (Å²) in [5.74, 6) is -1.81. The number of carboxylic acid groups (broad SMARTS) is 1. The maximum Gasteiger partial charge on any atom is 0.308 e. The lowest BCUT2D eigenvalue weighted by Gasteiger charge is -2.19. The Morgan fingerprint density at radius 2 is 2.00 bits per heavy atom. The summed E-state index contributed by atoms with van der Waals surface area (Å²) < 4.78 is 0. The molecule has 0 bridgehead atoms. The summed E-state index contributed by atoms with van der Waals surface area (Å²) in [5, 5.41) is 8.89. The number of carbonyl (C=O) groups excluding carboxylic acids is 1. The number of rotatable bonds is 4. The van der Waals surface area contributed by atoms with Crippen molar-refractivity contribution in [1.82, 2.24) is 14.9 Å². The molecule has 1 unspecified atom stereocenters. The van der Waals surface area contributed by atoms with Crippen LogP contribution in [0.25, 0.3) is 11.0 Å². The Morgan fingerprint density at radius 3 is 2.70 bits per heavy atom. The second-order valence-electron chi connectivity index (χ2n) is 4.65. The molecule has 0 fully saturated rings. The molecule has 2 rings (SSSR count). The van der Waals surface area contributed by atoms with Gasteiger partial charge in [-0.3, -0.25) is 19.6 Å². The number of nitrogens with zero attached hydrogens (tertiary/aromatic N) is 3. The molecule has 1 aromatic heterocycles. The summed E-state index contributed by atoms with van der Waals surface area (Å²) in [6.45, 7) is 1.71. The highest BCUT2D eigenvalue weighted by atomic mass is 16.4. The molecule has 2 aromatic rings. The van der Waals surface area contributed by atoms with Gasteiger partial charge in [-0.25, -0.2) is 0 Å². The number of hydrogen-bond acceptors (Lipinski definition) is 4. The van der Waals surface area contributed by atoms with Crippen LogP contribution >= 0.6 is 0 Å². The smallest absolute Gasteiger partial charge is 0.308 e. The molecule has 0 radical (unpaired) electrons. The van der Waals surface area contributed by atoms with Gasteiger partial charge < -0.3 is 10.0 Å². The fourth-order valence-corrected chi connectivity index (χ4v) is 1.94. The molecule has 20 heavy (non-hydrogen) atoms. The van der Waals surface area contributed by atoms with E-state index >= 15 is 0 Å². The summed E-state index contributed by atoms with van der Waals surface area (Å²) in [7, 11) is 1.58. The second-order valence-corrected chi connectivity index (χ2v) is 4.65. The van der Waals surface area contributed by atoms with Crippen molar-refractivity contribution in [3.8, 4) is 0 Å². The summed E-state index contributed by atoms with van der Waals surface area (Å²) in [4.78, 5) is 32.9. The molecule has 0 saturated heterocycles. The molecular formula is C14H15N3O3. The zero-order chi connectivity index (χ0) is 14.7. The molecule has 1 amide bonds. The fourth-order valence-electron chi connectivity index (χ4n) is 1.94. The number of carbonyl (C=O) groups is 2. The molecular weight excluding hydrogens is 258 g/mol. The number of fused-ring (bicyclic) bond motifs is 1. The van der Waals surface area contributed by atoms with Crippen LogP contribution in [0.3, 0.4) is 0 Å². The number of amides is 1. The van der Waals surface area contributed by atoms with E-state index in [0.717, 1.165) is 0 Å². The van der Waals surface area contributed by atoms with Gasteiger partial charge in [-0.15, -0.1) is 0 Å². The van der Waals surface area contributed by atoms with Gasteiger partial charge >= 0.3 is 5.97 Å². The molecule has 0 aliphatic heterocycles. The lowest BCUT2D eigenvalue weighted by atomic mass is 10.1. The quantitative estimate of drug-likeness (QED) is 0.910. The van der Waals surface area contributed by atoms with E-state index in [0.29, 0.717) is 16.6 Å². The Labute approximate surface area is 116 Å². The Bertz CT molecular complexity index is 652. The first-order valence-electron chi connectivity index (χ1n) is 6.18. The van der Waals surface area contributed by atoms with Gasteiger partial charge in [0.15, 0.2) is 0 Å². The van der Waals surface area contributed by atoms with E-state index < -0.39 is 11.9 Å². The highest BCUT2D eigenvalue weighted by Crippen LogP contribution is 2.16. The third kappa shape index (κ3) is 2.74. The number of aliphatic carboxylic acids is 1. The van der Waals surface area contributed by atoms with E-state index in [1.807, 2.05) is 0 Å². The van der Waals surface area contributed by atoms with Crippen LogP contribution in [0, 0.1) is 5.92 Å². The standard InChI is InChI=1S/C14H15N3O3/c1-9(14(19)20)8-17(2)13(18)10-4-3-5-11-12(10)16-7-6-15-11/h3-7,9H,8H2,1-2H3,(H,19,20). The molecule has 1 atom stereocenters. The summed E-state index contributed by atoms with van der Waals surface area (Å²) >= 11 is 0. The second kappa shape index (κ2) is 5.64. The van der Waals surface area contributed by atoms with Crippen LogP contribution in [-0.4, -0.2) is 45.4 Å². The molecule has 1 heterocycles. The van der Waals surface area contributed by atoms with Crippen LogP contribution in [-0.2, 0) is 4.79 Å². The number of para-hydroxylation sites is 1. The van der Waals surface area contributed by atoms with E-state index in [2.05, 4.69) is 9.97 Å². The van der Waals surface area contributed by atoms with Gasteiger partial charge in [-0.2, -0.15) is 0 Å². The minimum atomic E-state index is -0.928. The van der Waals surface area contributed by atoms with Gasteiger partial charge in [0, 0.05) is 26.0 Å². The first-order chi connectivity index (χ1) is 9.50. The van der Waals surface area contributed by atoms with Gasteiger partial charge in [0.25, 0.3) is 5.91 Å². The minimum Gasteiger partial charge on any atom is -0.481 e. The van der Waals surface area contributed by atoms with E-state index in [-0.39, 0.29) is 12.5 Å². The van der Waals surface area contributed by atoms with Gasteiger partial charge in [0.2, 0.25) is 0 Å². The third-order valence-corrected chi connectivity index (χ3v) is 3.05. The number of carboxylic acids is 1. The van der Waals surface area contributed by atoms with Crippen molar-refractivity contribution in [3.05, 3.63) is 36.2 Å². The highest BCUT2D eigenvalue weighted by Gasteiger charge is 2.20. The maximum absolute atomic E-state index is 12.4. The lowest BCUT2D eigenvalue weighted by molar-refractivity contribution is -0.141. The zero-order valence-corrected chi connectivity index (χ0v) is 11.3. The first-order valence-corrected chi connectivity index (χ1v) is 6.18. The van der Waals surface area contributed by atoms with E-state index in [4.69, 9.17) is 5.11 Å². The fraction of sp³-hybridized carbons (Fsp3) is 0.286. The lowest BCUT2D eigenvalue weighted by Crippen LogP contribution is -2.33. The highest BCUT2D eigenvalue weighted by molar-refractivity contribution is 6.04. The molecule has 0 saturated carbocycles. The normalized spacial score (nSPS) is 12.1. The molecule has 0 aliphatic rings. The van der Waals surface area contributed by atoms with Crippen LogP contribution in [0.15, 0.2) is 30.6 Å². The molecule has 0 spiro atoms. The van der Waals surface area contributed by atoms with E-state index in [1.165, 1.54) is 11.1 Å². The molecule has 6 nitrogen and oxygen atoms in total. The summed E-state index contributed by atoms with van der Waals surface area (Å²) in [6, 6.07) is 5.18. The van der Waals surface area contributed by atoms with Crippen molar-refractivity contribution in [3.63, 3.8) is 0 Å². The van der Waals surface area contributed by atoms with Crippen molar-refractivity contribution >= 4 is 22.9 Å². The molecule has 104 valence electrons. The molecule has 1 aromatic carbocycles. The van der Waals surface area contributed by atoms with Gasteiger partial charge in [0.05, 0.1) is 17.0 Å². The SMILES string of the molecule is CC(CN(C)C(=O)c1cccc2nccnc12)C(=O)O. The van der Waals surface area contributed by atoms with Crippen molar-refractivity contribution in [1.29, 1.82) is 0 Å².